The van der Waals surface area contributed by atoms with Gasteiger partial charge in [-0.2, -0.15) is 0 Å². The average Bonchev–Trinajstić information content (AvgIpc) is 3.44. The lowest BCUT2D eigenvalue weighted by Crippen LogP contribution is -2.05. The number of carbonyl (C=O) groups is 1. The van der Waals surface area contributed by atoms with Crippen molar-refractivity contribution < 1.29 is 18.4 Å². The van der Waals surface area contributed by atoms with Crippen LogP contribution in [0.25, 0.3) is 11.3 Å². The van der Waals surface area contributed by atoms with Crippen molar-refractivity contribution in [3.05, 3.63) is 76.8 Å². The first kappa shape index (κ1) is 19.9. The molecule has 1 aliphatic carbocycles. The first-order chi connectivity index (χ1) is 14.6. The zero-order valence-electron chi connectivity index (χ0n) is 16.8. The Morgan fingerprint density at radius 2 is 1.93 bits per heavy atom. The molecular weight excluding hydrogens is 381 g/mol. The molecule has 1 aromatic heterocycles. The van der Waals surface area contributed by atoms with E-state index in [1.165, 1.54) is 31.0 Å². The number of nitrogens with zero attached hydrogens (tertiary/aromatic N) is 1. The van der Waals surface area contributed by atoms with Crippen LogP contribution >= 0.6 is 0 Å². The molecular formula is C25H22FNO3. The lowest BCUT2D eigenvalue weighted by Gasteiger charge is -2.04. The SMILES string of the molecule is Cc1ccc(-c2cc(COC(=O)c3ccc(C#CC4CCCC4)c(F)c3)on2)cc1. The first-order valence-electron chi connectivity index (χ1n) is 10.1. The summed E-state index contributed by atoms with van der Waals surface area (Å²) in [7, 11) is 0. The number of rotatable bonds is 4. The molecule has 3 aromatic rings. The highest BCUT2D eigenvalue weighted by Gasteiger charge is 2.14. The Labute approximate surface area is 175 Å². The Hall–Kier alpha value is -3.39. The van der Waals surface area contributed by atoms with E-state index >= 15 is 0 Å². The Morgan fingerprint density at radius 1 is 1.17 bits per heavy atom. The topological polar surface area (TPSA) is 52.3 Å². The minimum absolute atomic E-state index is 0.0808. The summed E-state index contributed by atoms with van der Waals surface area (Å²) in [5.74, 6) is 5.65. The van der Waals surface area contributed by atoms with Crippen molar-refractivity contribution in [1.82, 2.24) is 5.16 Å². The molecule has 0 bridgehead atoms. The van der Waals surface area contributed by atoms with Gasteiger partial charge in [0.15, 0.2) is 12.4 Å². The normalized spacial score (nSPS) is 13.7. The first-order valence-corrected chi connectivity index (χ1v) is 10.1. The Kier molecular flexibility index (Phi) is 5.94. The molecule has 1 saturated carbocycles. The van der Waals surface area contributed by atoms with E-state index in [4.69, 9.17) is 9.26 Å². The standard InChI is InChI=1S/C25H22FNO3/c1-17-6-9-20(10-7-17)24-15-22(30-27-24)16-29-25(28)21-13-12-19(23(26)14-21)11-8-18-4-2-3-5-18/h6-7,9-10,12-15,18H,2-5,16H2,1H3. The summed E-state index contributed by atoms with van der Waals surface area (Å²) in [6, 6.07) is 13.8. The van der Waals surface area contributed by atoms with E-state index < -0.39 is 11.8 Å². The third-order valence-electron chi connectivity index (χ3n) is 5.22. The van der Waals surface area contributed by atoms with Gasteiger partial charge in [0.25, 0.3) is 0 Å². The summed E-state index contributed by atoms with van der Waals surface area (Å²) in [5.41, 5.74) is 3.17. The molecule has 0 spiro atoms. The molecule has 1 aliphatic rings. The van der Waals surface area contributed by atoms with E-state index in [0.29, 0.717) is 22.9 Å². The lowest BCUT2D eigenvalue weighted by atomic mass is 10.1. The quantitative estimate of drug-likeness (QED) is 0.415. The van der Waals surface area contributed by atoms with E-state index in [2.05, 4.69) is 17.0 Å². The second-order valence-corrected chi connectivity index (χ2v) is 7.57. The van der Waals surface area contributed by atoms with E-state index in [9.17, 15) is 9.18 Å². The van der Waals surface area contributed by atoms with Gasteiger partial charge in [0.05, 0.1) is 11.1 Å². The molecule has 0 N–H and O–H groups in total. The van der Waals surface area contributed by atoms with Gasteiger partial charge >= 0.3 is 5.97 Å². The average molecular weight is 403 g/mol. The second kappa shape index (κ2) is 8.96. The summed E-state index contributed by atoms with van der Waals surface area (Å²) in [4.78, 5) is 12.3. The van der Waals surface area contributed by atoms with Crippen molar-refractivity contribution in [2.75, 3.05) is 0 Å². The van der Waals surface area contributed by atoms with Crippen LogP contribution < -0.4 is 0 Å². The number of halogens is 1. The van der Waals surface area contributed by atoms with Gasteiger partial charge in [0.2, 0.25) is 0 Å². The third kappa shape index (κ3) is 4.77. The lowest BCUT2D eigenvalue weighted by molar-refractivity contribution is 0.0437. The highest BCUT2D eigenvalue weighted by atomic mass is 19.1. The maximum atomic E-state index is 14.3. The van der Waals surface area contributed by atoms with Crippen molar-refractivity contribution in [2.24, 2.45) is 5.92 Å². The summed E-state index contributed by atoms with van der Waals surface area (Å²) in [6.07, 6.45) is 4.52. The largest absolute Gasteiger partial charge is 0.454 e. The minimum atomic E-state index is -0.627. The molecule has 0 aliphatic heterocycles. The molecule has 0 unspecified atom stereocenters. The summed E-state index contributed by atoms with van der Waals surface area (Å²) >= 11 is 0. The molecule has 4 rings (SSSR count). The van der Waals surface area contributed by atoms with Gasteiger partial charge < -0.3 is 9.26 Å². The van der Waals surface area contributed by atoms with Crippen molar-refractivity contribution >= 4 is 5.97 Å². The Balaban J connectivity index is 1.37. The van der Waals surface area contributed by atoms with Gasteiger partial charge in [-0.1, -0.05) is 59.7 Å². The molecule has 2 aromatic carbocycles. The van der Waals surface area contributed by atoms with Crippen LogP contribution in [0.1, 0.15) is 52.9 Å². The zero-order valence-corrected chi connectivity index (χ0v) is 16.8. The number of benzene rings is 2. The van der Waals surface area contributed by atoms with Gasteiger partial charge in [0, 0.05) is 17.5 Å². The summed E-state index contributed by atoms with van der Waals surface area (Å²) < 4.78 is 24.8. The maximum Gasteiger partial charge on any atom is 0.338 e. The van der Waals surface area contributed by atoms with Crippen LogP contribution in [0.15, 0.2) is 53.1 Å². The predicted octanol–water partition coefficient (Wildman–Crippen LogP) is 5.69. The number of aryl methyl sites for hydroxylation is 1. The molecule has 5 heteroatoms. The fourth-order valence-electron chi connectivity index (χ4n) is 3.45. The molecule has 4 nitrogen and oxygen atoms in total. The Morgan fingerprint density at radius 3 is 2.67 bits per heavy atom. The summed E-state index contributed by atoms with van der Waals surface area (Å²) in [6.45, 7) is 1.93. The maximum absolute atomic E-state index is 14.3. The highest BCUT2D eigenvalue weighted by Crippen LogP contribution is 2.24. The smallest absolute Gasteiger partial charge is 0.338 e. The van der Waals surface area contributed by atoms with Crippen molar-refractivity contribution in [1.29, 1.82) is 0 Å². The molecule has 0 atom stereocenters. The zero-order chi connectivity index (χ0) is 20.9. The van der Waals surface area contributed by atoms with Crippen molar-refractivity contribution in [3.8, 4) is 23.1 Å². The number of carbonyl (C=O) groups excluding carboxylic acids is 1. The molecule has 0 radical (unpaired) electrons. The van der Waals surface area contributed by atoms with Crippen LogP contribution in [0.2, 0.25) is 0 Å². The number of esters is 1. The van der Waals surface area contributed by atoms with E-state index in [-0.39, 0.29) is 12.2 Å². The molecule has 0 amide bonds. The Bertz CT molecular complexity index is 1100. The van der Waals surface area contributed by atoms with Crippen LogP contribution in [0.3, 0.4) is 0 Å². The molecule has 1 heterocycles. The number of aromatic nitrogens is 1. The van der Waals surface area contributed by atoms with Gasteiger partial charge in [-0.15, -0.1) is 0 Å². The van der Waals surface area contributed by atoms with E-state index in [0.717, 1.165) is 24.0 Å². The monoisotopic (exact) mass is 403 g/mol. The minimum Gasteiger partial charge on any atom is -0.454 e. The van der Waals surface area contributed by atoms with Gasteiger partial charge in [0.1, 0.15) is 11.5 Å². The number of ether oxygens (including phenoxy) is 1. The summed E-state index contributed by atoms with van der Waals surface area (Å²) in [5, 5.41) is 4.00. The molecule has 1 fully saturated rings. The van der Waals surface area contributed by atoms with Crippen LogP contribution in [0.5, 0.6) is 0 Å². The van der Waals surface area contributed by atoms with Gasteiger partial charge in [-0.3, -0.25) is 0 Å². The van der Waals surface area contributed by atoms with Gasteiger partial charge in [-0.05, 0) is 38.0 Å². The van der Waals surface area contributed by atoms with Crippen LogP contribution in [0, 0.1) is 30.5 Å². The highest BCUT2D eigenvalue weighted by molar-refractivity contribution is 5.89. The molecule has 152 valence electrons. The van der Waals surface area contributed by atoms with Gasteiger partial charge in [-0.25, -0.2) is 9.18 Å². The van der Waals surface area contributed by atoms with Crippen molar-refractivity contribution in [3.63, 3.8) is 0 Å². The fraction of sp³-hybridized carbons (Fsp3) is 0.280. The van der Waals surface area contributed by atoms with E-state index in [1.54, 1.807) is 6.07 Å². The van der Waals surface area contributed by atoms with Crippen molar-refractivity contribution in [2.45, 2.75) is 39.2 Å². The van der Waals surface area contributed by atoms with E-state index in [1.807, 2.05) is 31.2 Å². The predicted molar refractivity (Wildman–Crippen MR) is 111 cm³/mol. The van der Waals surface area contributed by atoms with Crippen LogP contribution in [-0.4, -0.2) is 11.1 Å². The molecule has 0 saturated heterocycles. The molecule has 30 heavy (non-hydrogen) atoms. The van der Waals surface area contributed by atoms with Crippen LogP contribution in [0.4, 0.5) is 4.39 Å². The van der Waals surface area contributed by atoms with Crippen LogP contribution in [-0.2, 0) is 11.3 Å². The number of hydrogen-bond donors (Lipinski definition) is 0. The second-order valence-electron chi connectivity index (χ2n) is 7.57. The third-order valence-corrected chi connectivity index (χ3v) is 5.22. The fourth-order valence-corrected chi connectivity index (χ4v) is 3.45. The number of hydrogen-bond acceptors (Lipinski definition) is 4.